The first-order valence-electron chi connectivity index (χ1n) is 6.68. The fraction of sp³-hybridized carbons (Fsp3) is 0.462. The smallest absolute Gasteiger partial charge is 0.213 e. The number of pyridine rings is 1. The van der Waals surface area contributed by atoms with Gasteiger partial charge in [-0.1, -0.05) is 29.6 Å². The van der Waals surface area contributed by atoms with Crippen LogP contribution >= 0.6 is 23.5 Å². The van der Waals surface area contributed by atoms with E-state index in [1.54, 1.807) is 10.9 Å². The van der Waals surface area contributed by atoms with Crippen molar-refractivity contribution in [1.82, 2.24) is 30.1 Å². The maximum atomic E-state index is 11.1. The number of aromatic nitrogens is 5. The summed E-state index contributed by atoms with van der Waals surface area (Å²) in [5.74, 6) is 0.549. The molecule has 0 amide bonds. The second-order valence-electron chi connectivity index (χ2n) is 4.69. The summed E-state index contributed by atoms with van der Waals surface area (Å²) < 4.78 is 1.75. The standard InChI is InChI=1S/C13H17N6OS2/c1-18(2)7-8-19-13(15-16-17-19)21-10-11(9-20)22-12-5-3-4-6-14-12/h3-6,11H,7-8,10H2,1-2H3. The van der Waals surface area contributed by atoms with E-state index < -0.39 is 0 Å². The summed E-state index contributed by atoms with van der Waals surface area (Å²) in [6.45, 7) is 1.57. The Morgan fingerprint density at radius 1 is 1.41 bits per heavy atom. The number of rotatable bonds is 9. The quantitative estimate of drug-likeness (QED) is 0.627. The first-order valence-corrected chi connectivity index (χ1v) is 8.54. The Balaban J connectivity index is 1.88. The number of tetrazole rings is 1. The number of hydrogen-bond acceptors (Lipinski definition) is 8. The predicted octanol–water partition coefficient (Wildman–Crippen LogP) is 0.992. The zero-order valence-corrected chi connectivity index (χ0v) is 14.0. The molecule has 2 heterocycles. The van der Waals surface area contributed by atoms with E-state index in [4.69, 9.17) is 0 Å². The minimum atomic E-state index is -0.307. The zero-order chi connectivity index (χ0) is 15.8. The molecule has 0 aliphatic rings. The van der Waals surface area contributed by atoms with Crippen LogP contribution in [0.15, 0.2) is 34.6 Å². The van der Waals surface area contributed by atoms with Gasteiger partial charge in [0, 0.05) is 18.5 Å². The third-order valence-electron chi connectivity index (χ3n) is 2.65. The number of hydrogen-bond donors (Lipinski definition) is 0. The lowest BCUT2D eigenvalue weighted by Crippen LogP contribution is -2.19. The van der Waals surface area contributed by atoms with Crippen LogP contribution in [0, 0.1) is 0 Å². The minimum absolute atomic E-state index is 0.307. The van der Waals surface area contributed by atoms with E-state index >= 15 is 0 Å². The second kappa shape index (κ2) is 8.86. The van der Waals surface area contributed by atoms with Gasteiger partial charge in [-0.25, -0.2) is 9.67 Å². The summed E-state index contributed by atoms with van der Waals surface area (Å²) in [7, 11) is 4.00. The largest absolute Gasteiger partial charge is 0.308 e. The molecule has 0 aliphatic heterocycles. The van der Waals surface area contributed by atoms with Crippen molar-refractivity contribution in [3.63, 3.8) is 0 Å². The summed E-state index contributed by atoms with van der Waals surface area (Å²) in [5, 5.41) is 12.9. The average molecular weight is 337 g/mol. The minimum Gasteiger partial charge on any atom is -0.308 e. The zero-order valence-electron chi connectivity index (χ0n) is 12.4. The summed E-state index contributed by atoms with van der Waals surface area (Å²) >= 11 is 2.85. The van der Waals surface area contributed by atoms with Crippen molar-refractivity contribution in [2.75, 3.05) is 26.4 Å². The van der Waals surface area contributed by atoms with Crippen LogP contribution in [-0.2, 0) is 11.3 Å². The molecule has 2 rings (SSSR count). The molecule has 0 bridgehead atoms. The lowest BCUT2D eigenvalue weighted by molar-refractivity contribution is 0.361. The van der Waals surface area contributed by atoms with E-state index in [9.17, 15) is 4.79 Å². The van der Waals surface area contributed by atoms with Gasteiger partial charge in [0.1, 0.15) is 0 Å². The van der Waals surface area contributed by atoms with Crippen LogP contribution in [0.2, 0.25) is 0 Å². The molecule has 0 saturated carbocycles. The average Bonchev–Trinajstić information content (AvgIpc) is 2.98. The highest BCUT2D eigenvalue weighted by atomic mass is 32.2. The molecular formula is C13H17N6OS2. The Kier molecular flexibility index (Phi) is 6.81. The molecule has 9 heteroatoms. The van der Waals surface area contributed by atoms with Crippen LogP contribution in [0.25, 0.3) is 0 Å². The van der Waals surface area contributed by atoms with Gasteiger partial charge in [0.05, 0.1) is 16.8 Å². The first-order chi connectivity index (χ1) is 10.7. The van der Waals surface area contributed by atoms with Crippen LogP contribution in [0.4, 0.5) is 0 Å². The van der Waals surface area contributed by atoms with E-state index in [0.29, 0.717) is 17.5 Å². The maximum absolute atomic E-state index is 11.1. The van der Waals surface area contributed by atoms with Gasteiger partial charge in [-0.05, 0) is 36.7 Å². The van der Waals surface area contributed by atoms with Crippen molar-refractivity contribution in [3.05, 3.63) is 24.4 Å². The van der Waals surface area contributed by atoms with Crippen molar-refractivity contribution in [3.8, 4) is 0 Å². The lowest BCUT2D eigenvalue weighted by Gasteiger charge is -2.11. The molecule has 1 atom stereocenters. The number of nitrogens with zero attached hydrogens (tertiary/aromatic N) is 6. The van der Waals surface area contributed by atoms with E-state index in [1.165, 1.54) is 23.5 Å². The molecule has 2 aromatic heterocycles. The van der Waals surface area contributed by atoms with Crippen LogP contribution in [0.5, 0.6) is 0 Å². The van der Waals surface area contributed by atoms with E-state index in [2.05, 4.69) is 25.4 Å². The molecule has 7 nitrogen and oxygen atoms in total. The van der Waals surface area contributed by atoms with E-state index in [-0.39, 0.29) is 5.25 Å². The highest BCUT2D eigenvalue weighted by Gasteiger charge is 2.15. The summed E-state index contributed by atoms with van der Waals surface area (Å²) in [6, 6.07) is 5.62. The van der Waals surface area contributed by atoms with Gasteiger partial charge in [-0.3, -0.25) is 4.79 Å². The second-order valence-corrected chi connectivity index (χ2v) is 6.90. The van der Waals surface area contributed by atoms with Gasteiger partial charge >= 0.3 is 0 Å². The summed E-state index contributed by atoms with van der Waals surface area (Å²) in [5.41, 5.74) is 0. The van der Waals surface area contributed by atoms with Gasteiger partial charge in [-0.2, -0.15) is 0 Å². The van der Waals surface area contributed by atoms with Gasteiger partial charge < -0.3 is 4.90 Å². The fourth-order valence-electron chi connectivity index (χ4n) is 1.54. The van der Waals surface area contributed by atoms with Gasteiger partial charge in [-0.15, -0.1) is 5.10 Å². The van der Waals surface area contributed by atoms with Crippen LogP contribution in [0.1, 0.15) is 0 Å². The highest BCUT2D eigenvalue weighted by Crippen LogP contribution is 2.25. The van der Waals surface area contributed by atoms with Crippen molar-refractivity contribution in [2.24, 2.45) is 0 Å². The Morgan fingerprint density at radius 2 is 2.27 bits per heavy atom. The molecule has 22 heavy (non-hydrogen) atoms. The van der Waals surface area contributed by atoms with Crippen LogP contribution in [0.3, 0.4) is 0 Å². The molecule has 1 unspecified atom stereocenters. The third-order valence-corrected chi connectivity index (χ3v) is 4.95. The molecule has 117 valence electrons. The monoisotopic (exact) mass is 337 g/mol. The molecule has 1 radical (unpaired) electrons. The van der Waals surface area contributed by atoms with Gasteiger partial charge in [0.15, 0.2) is 0 Å². The Morgan fingerprint density at radius 3 is 2.95 bits per heavy atom. The van der Waals surface area contributed by atoms with Crippen molar-refractivity contribution >= 4 is 29.8 Å². The Labute approximate surface area is 137 Å². The molecule has 0 aliphatic carbocycles. The number of carbonyl (C=O) groups excluding carboxylic acids is 1. The van der Waals surface area contributed by atoms with E-state index in [0.717, 1.165) is 11.6 Å². The SMILES string of the molecule is CN(C)CCn1nnnc1SCC([C]=O)Sc1ccccn1. The van der Waals surface area contributed by atoms with E-state index in [1.807, 2.05) is 38.6 Å². The summed E-state index contributed by atoms with van der Waals surface area (Å²) in [6.07, 6.45) is 3.76. The predicted molar refractivity (Wildman–Crippen MR) is 86.7 cm³/mol. The van der Waals surface area contributed by atoms with Crippen molar-refractivity contribution in [2.45, 2.75) is 22.0 Å². The topological polar surface area (TPSA) is 76.8 Å². The molecular weight excluding hydrogens is 320 g/mol. The first kappa shape index (κ1) is 16.9. The Bertz CT molecular complexity index is 577. The van der Waals surface area contributed by atoms with Crippen molar-refractivity contribution < 1.29 is 4.79 Å². The number of thioether (sulfide) groups is 2. The van der Waals surface area contributed by atoms with Gasteiger partial charge in [0.25, 0.3) is 0 Å². The highest BCUT2D eigenvalue weighted by molar-refractivity contribution is 8.03. The third kappa shape index (κ3) is 5.39. The number of likely N-dealkylation sites (N-methyl/N-ethyl adjacent to an activating group) is 1. The molecule has 2 aromatic rings. The normalized spacial score (nSPS) is 12.5. The fourth-order valence-corrected chi connectivity index (χ4v) is 3.37. The molecule has 0 N–H and O–H groups in total. The molecule has 0 saturated heterocycles. The molecule has 0 spiro atoms. The van der Waals surface area contributed by atoms with Crippen molar-refractivity contribution in [1.29, 1.82) is 0 Å². The molecule has 0 fully saturated rings. The lowest BCUT2D eigenvalue weighted by atomic mass is 10.5. The van der Waals surface area contributed by atoms with Crippen LogP contribution < -0.4 is 0 Å². The molecule has 0 aromatic carbocycles. The van der Waals surface area contributed by atoms with Gasteiger partial charge in [0.2, 0.25) is 11.4 Å². The maximum Gasteiger partial charge on any atom is 0.213 e. The Hall–Kier alpha value is -1.45. The summed E-state index contributed by atoms with van der Waals surface area (Å²) in [4.78, 5) is 17.4. The van der Waals surface area contributed by atoms with Crippen LogP contribution in [-0.4, -0.2) is 68.0 Å².